The van der Waals surface area contributed by atoms with Crippen molar-refractivity contribution in [2.75, 3.05) is 0 Å². The summed E-state index contributed by atoms with van der Waals surface area (Å²) in [5.41, 5.74) is -2.55. The van der Waals surface area contributed by atoms with Crippen molar-refractivity contribution < 1.29 is 24.2 Å². The van der Waals surface area contributed by atoms with Gasteiger partial charge in [0, 0.05) is 0 Å². The van der Waals surface area contributed by atoms with Crippen LogP contribution in [-0.4, -0.2) is 42.0 Å². The van der Waals surface area contributed by atoms with Gasteiger partial charge in [0.1, 0.15) is 22.7 Å². The summed E-state index contributed by atoms with van der Waals surface area (Å²) in [5, 5.41) is 20.6. The first kappa shape index (κ1) is 28.0. The van der Waals surface area contributed by atoms with Crippen molar-refractivity contribution in [3.63, 3.8) is 0 Å². The van der Waals surface area contributed by atoms with E-state index in [0.717, 1.165) is 10.1 Å². The minimum atomic E-state index is -1.81. The largest absolute Gasteiger partial charge is 0.480 e. The molecule has 1 fully saturated rings. The molecule has 1 aliphatic rings. The van der Waals surface area contributed by atoms with Crippen LogP contribution in [0.4, 0.5) is 0 Å². The Morgan fingerprint density at radius 1 is 1.25 bits per heavy atom. The lowest BCUT2D eigenvalue weighted by atomic mass is 9.85. The Balaban J connectivity index is 1.69. The predicted octanol–water partition coefficient (Wildman–Crippen LogP) is 4.46. The number of carboxylic acid groups (broad SMARTS) is 1. The topological polar surface area (TPSA) is 137 Å². The number of nitrogens with zero attached hydrogens (tertiary/aromatic N) is 3. The van der Waals surface area contributed by atoms with E-state index in [2.05, 4.69) is 4.98 Å². The highest BCUT2D eigenvalue weighted by Crippen LogP contribution is 2.37. The summed E-state index contributed by atoms with van der Waals surface area (Å²) in [6, 6.07) is 9.51. The quantitative estimate of drug-likeness (QED) is 0.318. The van der Waals surface area contributed by atoms with Gasteiger partial charge in [-0.3, -0.25) is 9.36 Å². The summed E-state index contributed by atoms with van der Waals surface area (Å²) in [5.74, 6) is -0.991. The van der Waals surface area contributed by atoms with E-state index in [1.165, 1.54) is 42.2 Å². The van der Waals surface area contributed by atoms with Gasteiger partial charge in [-0.2, -0.15) is 0 Å². The molecule has 4 aromatic rings. The summed E-state index contributed by atoms with van der Waals surface area (Å²) in [4.78, 5) is 45.3. The minimum absolute atomic E-state index is 0.0488. The molecule has 0 radical (unpaired) electrons. The maximum absolute atomic E-state index is 14.0. The normalized spacial score (nSPS) is 20.6. The fourth-order valence-corrected chi connectivity index (χ4v) is 6.52. The van der Waals surface area contributed by atoms with Gasteiger partial charge >= 0.3 is 11.7 Å². The van der Waals surface area contributed by atoms with Gasteiger partial charge in [0.05, 0.1) is 34.7 Å². The Hall–Kier alpha value is -3.54. The van der Waals surface area contributed by atoms with Gasteiger partial charge in [-0.15, -0.1) is 11.3 Å². The van der Waals surface area contributed by atoms with Gasteiger partial charge in [0.25, 0.3) is 5.56 Å². The first-order chi connectivity index (χ1) is 18.9. The predicted molar refractivity (Wildman–Crippen MR) is 151 cm³/mol. The maximum atomic E-state index is 14.0. The molecule has 40 heavy (non-hydrogen) atoms. The first-order valence-corrected chi connectivity index (χ1v) is 14.1. The number of benzene rings is 1. The lowest BCUT2D eigenvalue weighted by Crippen LogP contribution is -2.52. The Bertz CT molecular complexity index is 1640. The molecule has 1 aromatic carbocycles. The number of aliphatic carboxylic acids is 1. The van der Waals surface area contributed by atoms with Gasteiger partial charge in [-0.25, -0.2) is 19.1 Å². The van der Waals surface area contributed by atoms with Crippen LogP contribution in [0.25, 0.3) is 21.0 Å². The van der Waals surface area contributed by atoms with Crippen molar-refractivity contribution in [1.82, 2.24) is 14.1 Å². The fourth-order valence-electron chi connectivity index (χ4n) is 5.28. The van der Waals surface area contributed by atoms with Crippen LogP contribution in [-0.2, 0) is 21.6 Å². The van der Waals surface area contributed by atoms with E-state index in [1.54, 1.807) is 6.92 Å². The second kappa shape index (κ2) is 10.5. The molecule has 0 bridgehead atoms. The SMILES string of the molecule is Cc1c(-c2ncco2)sc2c1c(=O)n(C(C)(C)C(=O)O)c(=O)n2C[C@H](OC1CCC(C)(O)CC1)c1ccccc1. The molecular formula is C29H33N3O7S. The second-order valence-corrected chi connectivity index (χ2v) is 12.2. The van der Waals surface area contributed by atoms with Crippen LogP contribution in [0.3, 0.4) is 0 Å². The number of aromatic nitrogens is 3. The molecule has 0 unspecified atom stereocenters. The highest BCUT2D eigenvalue weighted by molar-refractivity contribution is 7.22. The molecule has 3 heterocycles. The molecule has 0 aliphatic heterocycles. The van der Waals surface area contributed by atoms with Crippen molar-refractivity contribution >= 4 is 27.5 Å². The molecule has 1 aliphatic carbocycles. The molecule has 0 saturated heterocycles. The van der Waals surface area contributed by atoms with Crippen molar-refractivity contribution in [1.29, 1.82) is 0 Å². The van der Waals surface area contributed by atoms with Crippen molar-refractivity contribution in [3.05, 3.63) is 74.8 Å². The number of fused-ring (bicyclic) bond motifs is 1. The van der Waals surface area contributed by atoms with E-state index in [4.69, 9.17) is 9.15 Å². The molecule has 11 heteroatoms. The average molecular weight is 568 g/mol. The van der Waals surface area contributed by atoms with Crippen molar-refractivity contribution in [2.24, 2.45) is 0 Å². The number of oxazole rings is 1. The standard InChI is InChI=1S/C29H33N3O7S/c1-17-21-24(33)32(28(2,3)26(34)35)27(36)31(25(21)40-22(17)23-30-14-15-38-23)16-20(18-8-6-5-7-9-18)39-19-10-12-29(4,37)13-11-19/h5-9,14-15,19-20,37H,10-13,16H2,1-4H3,(H,34,35)/t19?,20-,29?/m0/s1. The summed E-state index contributed by atoms with van der Waals surface area (Å²) in [7, 11) is 0. The number of hydrogen-bond acceptors (Lipinski definition) is 8. The van der Waals surface area contributed by atoms with Crippen LogP contribution in [0.2, 0.25) is 0 Å². The zero-order valence-corrected chi connectivity index (χ0v) is 23.7. The summed E-state index contributed by atoms with van der Waals surface area (Å²) in [6.07, 6.45) is 4.76. The number of ether oxygens (including phenoxy) is 1. The van der Waals surface area contributed by atoms with E-state index in [9.17, 15) is 24.6 Å². The van der Waals surface area contributed by atoms with E-state index in [1.807, 2.05) is 37.3 Å². The molecule has 0 amide bonds. The van der Waals surface area contributed by atoms with E-state index in [0.29, 0.717) is 46.8 Å². The van der Waals surface area contributed by atoms with Crippen LogP contribution >= 0.6 is 11.3 Å². The maximum Gasteiger partial charge on any atom is 0.333 e. The van der Waals surface area contributed by atoms with Gasteiger partial charge < -0.3 is 19.4 Å². The Morgan fingerprint density at radius 2 is 1.93 bits per heavy atom. The van der Waals surface area contributed by atoms with Crippen molar-refractivity contribution in [3.8, 4) is 10.8 Å². The minimum Gasteiger partial charge on any atom is -0.480 e. The molecule has 0 spiro atoms. The Kier molecular flexibility index (Phi) is 7.32. The number of thiophene rings is 1. The second-order valence-electron chi connectivity index (χ2n) is 11.2. The third-order valence-corrected chi connectivity index (χ3v) is 9.11. The number of aryl methyl sites for hydroxylation is 1. The summed E-state index contributed by atoms with van der Waals surface area (Å²) in [6.45, 7) is 6.29. The third kappa shape index (κ3) is 5.04. The van der Waals surface area contributed by atoms with Gasteiger partial charge in [0.2, 0.25) is 5.89 Å². The molecule has 2 N–H and O–H groups in total. The lowest BCUT2D eigenvalue weighted by Gasteiger charge is -2.35. The number of carboxylic acids is 1. The smallest absolute Gasteiger partial charge is 0.333 e. The van der Waals surface area contributed by atoms with E-state index < -0.39 is 34.5 Å². The summed E-state index contributed by atoms with van der Waals surface area (Å²) >= 11 is 1.20. The van der Waals surface area contributed by atoms with Crippen LogP contribution < -0.4 is 11.2 Å². The highest BCUT2D eigenvalue weighted by atomic mass is 32.1. The molecule has 5 rings (SSSR count). The zero-order valence-electron chi connectivity index (χ0n) is 22.9. The van der Waals surface area contributed by atoms with Crippen molar-refractivity contribution in [2.45, 2.75) is 83.3 Å². The van der Waals surface area contributed by atoms with E-state index in [-0.39, 0.29) is 18.0 Å². The van der Waals surface area contributed by atoms with Gasteiger partial charge in [-0.05, 0) is 64.5 Å². The molecule has 10 nitrogen and oxygen atoms in total. The van der Waals surface area contributed by atoms with E-state index >= 15 is 0 Å². The van der Waals surface area contributed by atoms with Crippen LogP contribution in [0.15, 0.2) is 56.8 Å². The number of hydrogen-bond donors (Lipinski definition) is 2. The monoisotopic (exact) mass is 567 g/mol. The fraction of sp³-hybridized carbons (Fsp3) is 0.448. The average Bonchev–Trinajstić information content (AvgIpc) is 3.55. The molecule has 1 atom stereocenters. The number of rotatable bonds is 8. The first-order valence-electron chi connectivity index (χ1n) is 13.3. The van der Waals surface area contributed by atoms with Crippen LogP contribution in [0, 0.1) is 6.92 Å². The zero-order chi connectivity index (χ0) is 28.8. The summed E-state index contributed by atoms with van der Waals surface area (Å²) < 4.78 is 14.4. The molecule has 3 aromatic heterocycles. The van der Waals surface area contributed by atoms with Crippen LogP contribution in [0.1, 0.15) is 63.7 Å². The highest BCUT2D eigenvalue weighted by Gasteiger charge is 2.36. The molecule has 1 saturated carbocycles. The van der Waals surface area contributed by atoms with Gasteiger partial charge in [-0.1, -0.05) is 30.3 Å². The Morgan fingerprint density at radius 3 is 2.52 bits per heavy atom. The third-order valence-electron chi connectivity index (χ3n) is 7.81. The molecule has 212 valence electrons. The van der Waals surface area contributed by atoms with Gasteiger partial charge in [0.15, 0.2) is 0 Å². The number of aliphatic hydroxyl groups is 1. The Labute approximate surface area is 234 Å². The number of carbonyl (C=O) groups is 1. The van der Waals surface area contributed by atoms with Crippen LogP contribution in [0.5, 0.6) is 0 Å². The molecular weight excluding hydrogens is 534 g/mol. The lowest BCUT2D eigenvalue weighted by molar-refractivity contribution is -0.146.